The van der Waals surface area contributed by atoms with Crippen molar-refractivity contribution >= 4 is 5.91 Å². The normalized spacial score (nSPS) is 47.2. The number of nitrogens with one attached hydrogen (secondary N) is 1. The van der Waals surface area contributed by atoms with Crippen LogP contribution in [0.3, 0.4) is 0 Å². The summed E-state index contributed by atoms with van der Waals surface area (Å²) in [5.74, 6) is 2.36. The van der Waals surface area contributed by atoms with Crippen LogP contribution in [0.1, 0.15) is 58.8 Å². The average molecular weight is 261 g/mol. The molecule has 2 heteroatoms. The molecule has 106 valence electrons. The molecule has 0 heterocycles. The lowest BCUT2D eigenvalue weighted by Gasteiger charge is -2.65. The molecule has 1 amide bonds. The van der Waals surface area contributed by atoms with Crippen LogP contribution in [0.25, 0.3) is 0 Å². The zero-order valence-corrected chi connectivity index (χ0v) is 12.4. The van der Waals surface area contributed by atoms with Gasteiger partial charge in [-0.05, 0) is 67.8 Å². The highest BCUT2D eigenvalue weighted by atomic mass is 16.1. The maximum atomic E-state index is 11.9. The molecule has 1 N–H and O–H groups in total. The predicted molar refractivity (Wildman–Crippen MR) is 77.6 cm³/mol. The van der Waals surface area contributed by atoms with Gasteiger partial charge in [-0.2, -0.15) is 0 Å². The lowest BCUT2D eigenvalue weighted by Crippen LogP contribution is -2.67. The van der Waals surface area contributed by atoms with Crippen LogP contribution >= 0.6 is 0 Å². The van der Waals surface area contributed by atoms with Crippen LogP contribution in [0.15, 0.2) is 12.7 Å². The lowest BCUT2D eigenvalue weighted by atomic mass is 9.43. The second-order valence-electron chi connectivity index (χ2n) is 7.64. The van der Waals surface area contributed by atoms with E-state index in [1.807, 2.05) is 0 Å². The topological polar surface area (TPSA) is 29.1 Å². The molecule has 4 aliphatic rings. The number of carbonyl (C=O) groups is 1. The summed E-state index contributed by atoms with van der Waals surface area (Å²) < 4.78 is 0. The zero-order valence-electron chi connectivity index (χ0n) is 12.4. The van der Waals surface area contributed by atoms with Crippen LogP contribution in [0, 0.1) is 23.2 Å². The Balaban J connectivity index is 1.92. The standard InChI is InChI=1S/C17H27NO/c1-4-6-17(18-15(19)5-2)13-7-12-8-14(17)11-16(3,9-12)10-13/h5,12-14H,2,4,6-11H2,1,3H3,(H,18,19). The molecular weight excluding hydrogens is 234 g/mol. The lowest BCUT2D eigenvalue weighted by molar-refractivity contribution is -0.138. The smallest absolute Gasteiger partial charge is 0.243 e. The summed E-state index contributed by atoms with van der Waals surface area (Å²) in [5.41, 5.74) is 0.642. The van der Waals surface area contributed by atoms with E-state index in [0.717, 1.165) is 18.8 Å². The molecular formula is C17H27NO. The largest absolute Gasteiger partial charge is 0.347 e. The van der Waals surface area contributed by atoms with Crippen LogP contribution in [0.2, 0.25) is 0 Å². The van der Waals surface area contributed by atoms with Crippen molar-refractivity contribution < 1.29 is 4.79 Å². The van der Waals surface area contributed by atoms with E-state index < -0.39 is 0 Å². The summed E-state index contributed by atoms with van der Waals surface area (Å²) in [6, 6.07) is 0. The third kappa shape index (κ3) is 1.95. The van der Waals surface area contributed by atoms with Crippen molar-refractivity contribution in [2.24, 2.45) is 23.2 Å². The highest BCUT2D eigenvalue weighted by molar-refractivity contribution is 5.87. The van der Waals surface area contributed by atoms with Crippen molar-refractivity contribution in [3.05, 3.63) is 12.7 Å². The van der Waals surface area contributed by atoms with Crippen LogP contribution in [0.4, 0.5) is 0 Å². The highest BCUT2D eigenvalue weighted by Crippen LogP contribution is 2.64. The summed E-state index contributed by atoms with van der Waals surface area (Å²) in [7, 11) is 0. The van der Waals surface area contributed by atoms with Crippen molar-refractivity contribution in [1.29, 1.82) is 0 Å². The minimum absolute atomic E-state index is 0.0334. The molecule has 2 unspecified atom stereocenters. The Morgan fingerprint density at radius 2 is 1.95 bits per heavy atom. The SMILES string of the molecule is C=CC(=O)NC1(CCC)C2CC3CC1CC(C)(C3)C2. The van der Waals surface area contributed by atoms with E-state index in [-0.39, 0.29) is 11.4 Å². The molecule has 0 aliphatic heterocycles. The Morgan fingerprint density at radius 3 is 2.42 bits per heavy atom. The molecule has 4 fully saturated rings. The fraction of sp³-hybridized carbons (Fsp3) is 0.824. The molecule has 4 bridgehead atoms. The second-order valence-corrected chi connectivity index (χ2v) is 7.64. The molecule has 2 nitrogen and oxygen atoms in total. The molecule has 2 atom stereocenters. The molecule has 0 saturated heterocycles. The van der Waals surface area contributed by atoms with E-state index >= 15 is 0 Å². The first-order valence-electron chi connectivity index (χ1n) is 7.96. The fourth-order valence-corrected chi connectivity index (χ4v) is 5.86. The maximum absolute atomic E-state index is 11.9. The number of carbonyl (C=O) groups excluding carboxylic acids is 1. The molecule has 0 aromatic carbocycles. The van der Waals surface area contributed by atoms with E-state index in [1.165, 1.54) is 38.2 Å². The van der Waals surface area contributed by atoms with Crippen LogP contribution in [0.5, 0.6) is 0 Å². The average Bonchev–Trinajstić information content (AvgIpc) is 2.34. The summed E-state index contributed by atoms with van der Waals surface area (Å²) in [4.78, 5) is 11.9. The Morgan fingerprint density at radius 1 is 1.32 bits per heavy atom. The van der Waals surface area contributed by atoms with Gasteiger partial charge in [0.2, 0.25) is 5.91 Å². The van der Waals surface area contributed by atoms with Gasteiger partial charge in [0.05, 0.1) is 0 Å². The van der Waals surface area contributed by atoms with E-state index in [0.29, 0.717) is 17.3 Å². The van der Waals surface area contributed by atoms with Crippen LogP contribution in [-0.2, 0) is 4.79 Å². The van der Waals surface area contributed by atoms with Crippen molar-refractivity contribution in [3.8, 4) is 0 Å². The molecule has 0 radical (unpaired) electrons. The number of amides is 1. The van der Waals surface area contributed by atoms with E-state index in [4.69, 9.17) is 0 Å². The first-order valence-corrected chi connectivity index (χ1v) is 7.96. The van der Waals surface area contributed by atoms with Crippen LogP contribution < -0.4 is 5.32 Å². The second kappa shape index (κ2) is 4.36. The molecule has 19 heavy (non-hydrogen) atoms. The third-order valence-corrected chi connectivity index (χ3v) is 6.16. The number of hydrogen-bond acceptors (Lipinski definition) is 1. The van der Waals surface area contributed by atoms with Gasteiger partial charge in [0.25, 0.3) is 0 Å². The fourth-order valence-electron chi connectivity index (χ4n) is 5.86. The van der Waals surface area contributed by atoms with Gasteiger partial charge in [0.1, 0.15) is 0 Å². The highest BCUT2D eigenvalue weighted by Gasteiger charge is 2.60. The summed E-state index contributed by atoms with van der Waals surface area (Å²) >= 11 is 0. The van der Waals surface area contributed by atoms with Gasteiger partial charge in [-0.15, -0.1) is 0 Å². The minimum atomic E-state index is 0.0334. The molecule has 4 rings (SSSR count). The van der Waals surface area contributed by atoms with Gasteiger partial charge in [0, 0.05) is 5.54 Å². The van der Waals surface area contributed by atoms with Gasteiger partial charge in [-0.25, -0.2) is 0 Å². The Hall–Kier alpha value is -0.790. The van der Waals surface area contributed by atoms with Crippen molar-refractivity contribution in [1.82, 2.24) is 5.32 Å². The zero-order chi connectivity index (χ0) is 13.7. The Bertz CT molecular complexity index is 384. The molecule has 0 spiro atoms. The van der Waals surface area contributed by atoms with E-state index in [2.05, 4.69) is 25.7 Å². The Labute approximate surface area is 117 Å². The molecule has 4 saturated carbocycles. The third-order valence-electron chi connectivity index (χ3n) is 6.16. The van der Waals surface area contributed by atoms with E-state index in [1.54, 1.807) is 0 Å². The molecule has 0 aromatic heterocycles. The summed E-state index contributed by atoms with van der Waals surface area (Å²) in [6.07, 6.45) is 10.5. The molecule has 4 aliphatic carbocycles. The summed E-state index contributed by atoms with van der Waals surface area (Å²) in [5, 5.41) is 3.39. The van der Waals surface area contributed by atoms with Gasteiger partial charge < -0.3 is 5.32 Å². The summed E-state index contributed by atoms with van der Waals surface area (Å²) in [6.45, 7) is 8.36. The minimum Gasteiger partial charge on any atom is -0.347 e. The van der Waals surface area contributed by atoms with E-state index in [9.17, 15) is 4.79 Å². The number of rotatable bonds is 4. The predicted octanol–water partition coefficient (Wildman–Crippen LogP) is 3.67. The Kier molecular flexibility index (Phi) is 3.03. The first-order chi connectivity index (χ1) is 9.01. The first kappa shape index (κ1) is 13.2. The molecule has 0 aromatic rings. The van der Waals surface area contributed by atoms with Gasteiger partial charge in [0.15, 0.2) is 0 Å². The van der Waals surface area contributed by atoms with Crippen molar-refractivity contribution in [2.45, 2.75) is 64.3 Å². The van der Waals surface area contributed by atoms with Gasteiger partial charge >= 0.3 is 0 Å². The van der Waals surface area contributed by atoms with Crippen molar-refractivity contribution in [2.75, 3.05) is 0 Å². The van der Waals surface area contributed by atoms with Gasteiger partial charge in [-0.1, -0.05) is 26.8 Å². The van der Waals surface area contributed by atoms with Crippen LogP contribution in [-0.4, -0.2) is 11.4 Å². The quantitative estimate of drug-likeness (QED) is 0.769. The monoisotopic (exact) mass is 261 g/mol. The van der Waals surface area contributed by atoms with Crippen molar-refractivity contribution in [3.63, 3.8) is 0 Å². The maximum Gasteiger partial charge on any atom is 0.243 e. The number of hydrogen-bond donors (Lipinski definition) is 1. The van der Waals surface area contributed by atoms with Gasteiger partial charge in [-0.3, -0.25) is 4.79 Å².